The van der Waals surface area contributed by atoms with E-state index in [9.17, 15) is 9.59 Å². The number of halogens is 1. The fourth-order valence-electron chi connectivity index (χ4n) is 2.25. The number of esters is 1. The normalized spacial score (nSPS) is 16.0. The van der Waals surface area contributed by atoms with Crippen LogP contribution in [0, 0.1) is 0 Å². The van der Waals surface area contributed by atoms with E-state index >= 15 is 0 Å². The highest BCUT2D eigenvalue weighted by molar-refractivity contribution is 8.93. The summed E-state index contributed by atoms with van der Waals surface area (Å²) in [6.07, 6.45) is 3.20. The number of amides is 1. The maximum absolute atomic E-state index is 11.8. The molecule has 1 fully saturated rings. The smallest absolute Gasteiger partial charge is 0.306 e. The summed E-state index contributed by atoms with van der Waals surface area (Å²) in [4.78, 5) is 23.4. The van der Waals surface area contributed by atoms with Crippen molar-refractivity contribution in [2.24, 2.45) is 0 Å². The van der Waals surface area contributed by atoms with Crippen LogP contribution in [0.2, 0.25) is 0 Å². The Labute approximate surface area is 151 Å². The third kappa shape index (κ3) is 9.60. The Bertz CT molecular complexity index is 362. The van der Waals surface area contributed by atoms with Crippen molar-refractivity contribution < 1.29 is 23.8 Å². The van der Waals surface area contributed by atoms with Gasteiger partial charge >= 0.3 is 5.97 Å². The van der Waals surface area contributed by atoms with Gasteiger partial charge in [0.05, 0.1) is 25.7 Å². The average Bonchev–Trinajstić information content (AvgIpc) is 2.92. The van der Waals surface area contributed by atoms with Crippen LogP contribution in [0.3, 0.4) is 0 Å². The largest absolute Gasteiger partial charge is 0.463 e. The van der Waals surface area contributed by atoms with Gasteiger partial charge in [0.2, 0.25) is 5.91 Å². The second-order valence-corrected chi connectivity index (χ2v) is 6.22. The zero-order chi connectivity index (χ0) is 16.4. The Morgan fingerprint density at radius 1 is 1.22 bits per heavy atom. The monoisotopic (exact) mass is 413 g/mol. The summed E-state index contributed by atoms with van der Waals surface area (Å²) in [5, 5.41) is 2.86. The molecular formula is C15H29BrNO5P. The molecule has 0 aromatic heterocycles. The van der Waals surface area contributed by atoms with Gasteiger partial charge in [-0.1, -0.05) is 0 Å². The fraction of sp³-hybridized carbons (Fsp3) is 0.867. The maximum atomic E-state index is 11.8. The van der Waals surface area contributed by atoms with Crippen molar-refractivity contribution in [3.8, 4) is 0 Å². The summed E-state index contributed by atoms with van der Waals surface area (Å²) < 4.78 is 16.4. The minimum Gasteiger partial charge on any atom is -0.463 e. The lowest BCUT2D eigenvalue weighted by atomic mass is 10.0. The van der Waals surface area contributed by atoms with Gasteiger partial charge in [0.15, 0.2) is 5.79 Å². The van der Waals surface area contributed by atoms with E-state index in [2.05, 4.69) is 14.6 Å². The molecule has 1 unspecified atom stereocenters. The number of hydrogen-bond donors (Lipinski definition) is 1. The predicted molar refractivity (Wildman–Crippen MR) is 96.9 cm³/mol. The molecule has 23 heavy (non-hydrogen) atoms. The van der Waals surface area contributed by atoms with Gasteiger partial charge in [0, 0.05) is 25.8 Å². The molecule has 1 aliphatic heterocycles. The highest BCUT2D eigenvalue weighted by atomic mass is 79.9. The average molecular weight is 414 g/mol. The molecule has 1 atom stereocenters. The zero-order valence-electron chi connectivity index (χ0n) is 14.0. The van der Waals surface area contributed by atoms with E-state index in [0.29, 0.717) is 39.0 Å². The van der Waals surface area contributed by atoms with E-state index in [0.717, 1.165) is 12.6 Å². The quantitative estimate of drug-likeness (QED) is 0.337. The van der Waals surface area contributed by atoms with Gasteiger partial charge in [-0.2, -0.15) is 0 Å². The molecule has 0 aromatic carbocycles. The summed E-state index contributed by atoms with van der Waals surface area (Å²) >= 11 is 0. The van der Waals surface area contributed by atoms with Crippen molar-refractivity contribution in [2.75, 3.05) is 25.9 Å². The first-order valence-electron chi connectivity index (χ1n) is 7.91. The predicted octanol–water partition coefficient (Wildman–Crippen LogP) is 2.20. The third-order valence-corrected chi connectivity index (χ3v) is 3.74. The molecule has 0 aliphatic carbocycles. The number of carbonyl (C=O) groups is 2. The molecule has 6 nitrogen and oxygen atoms in total. The molecule has 136 valence electrons. The zero-order valence-corrected chi connectivity index (χ0v) is 16.8. The summed E-state index contributed by atoms with van der Waals surface area (Å²) in [6.45, 7) is 5.30. The first kappa shape index (κ1) is 22.8. The number of nitrogens with one attached hydrogen (secondary N) is 1. The summed E-state index contributed by atoms with van der Waals surface area (Å²) in [6, 6.07) is 0. The Hall–Kier alpha value is -0.230. The van der Waals surface area contributed by atoms with Crippen LogP contribution in [0.1, 0.15) is 46.0 Å². The van der Waals surface area contributed by atoms with Crippen molar-refractivity contribution in [1.29, 1.82) is 0 Å². The maximum Gasteiger partial charge on any atom is 0.306 e. The van der Waals surface area contributed by atoms with E-state index in [1.165, 1.54) is 0 Å². The van der Waals surface area contributed by atoms with E-state index < -0.39 is 5.79 Å². The van der Waals surface area contributed by atoms with E-state index in [-0.39, 0.29) is 41.4 Å². The Morgan fingerprint density at radius 2 is 1.83 bits per heavy atom. The van der Waals surface area contributed by atoms with Crippen LogP contribution < -0.4 is 5.32 Å². The van der Waals surface area contributed by atoms with Crippen LogP contribution >= 0.6 is 26.2 Å². The Kier molecular flexibility index (Phi) is 12.1. The lowest BCUT2D eigenvalue weighted by Crippen LogP contribution is -2.34. The van der Waals surface area contributed by atoms with Crippen LogP contribution in [0.4, 0.5) is 0 Å². The van der Waals surface area contributed by atoms with Crippen molar-refractivity contribution in [2.45, 2.75) is 57.8 Å². The van der Waals surface area contributed by atoms with Gasteiger partial charge in [-0.05, 0) is 26.4 Å². The molecular weight excluding hydrogens is 385 g/mol. The van der Waals surface area contributed by atoms with E-state index in [1.807, 2.05) is 13.8 Å². The number of hydrogen-bond acceptors (Lipinski definition) is 5. The topological polar surface area (TPSA) is 73.9 Å². The molecule has 0 radical (unpaired) electrons. The molecule has 1 rings (SSSR count). The van der Waals surface area contributed by atoms with Crippen LogP contribution in [0.15, 0.2) is 0 Å². The summed E-state index contributed by atoms with van der Waals surface area (Å²) in [5.74, 6) is -1.10. The van der Waals surface area contributed by atoms with Gasteiger partial charge in [-0.15, -0.1) is 26.2 Å². The molecule has 0 saturated carbocycles. The minimum absolute atomic E-state index is 0. The first-order valence-corrected chi connectivity index (χ1v) is 8.73. The molecule has 1 amide bonds. The van der Waals surface area contributed by atoms with Crippen LogP contribution in [0.25, 0.3) is 0 Å². The molecule has 1 N–H and O–H groups in total. The van der Waals surface area contributed by atoms with E-state index in [1.54, 1.807) is 0 Å². The van der Waals surface area contributed by atoms with Crippen LogP contribution in [-0.2, 0) is 23.8 Å². The lowest BCUT2D eigenvalue weighted by molar-refractivity contribution is -0.177. The molecule has 1 saturated heterocycles. The second-order valence-electron chi connectivity index (χ2n) is 5.64. The highest BCUT2D eigenvalue weighted by Gasteiger charge is 2.37. The molecule has 1 heterocycles. The molecule has 8 heteroatoms. The van der Waals surface area contributed by atoms with Gasteiger partial charge < -0.3 is 19.5 Å². The van der Waals surface area contributed by atoms with Gasteiger partial charge in [0.25, 0.3) is 0 Å². The number of carbonyl (C=O) groups excluding carboxylic acids is 2. The molecule has 0 aromatic rings. The van der Waals surface area contributed by atoms with Crippen molar-refractivity contribution >= 4 is 38.1 Å². The number of ether oxygens (including phenoxy) is 3. The van der Waals surface area contributed by atoms with Crippen molar-refractivity contribution in [3.05, 3.63) is 0 Å². The molecule has 0 bridgehead atoms. The van der Waals surface area contributed by atoms with E-state index in [4.69, 9.17) is 14.2 Å². The third-order valence-electron chi connectivity index (χ3n) is 3.33. The Morgan fingerprint density at radius 3 is 2.39 bits per heavy atom. The minimum atomic E-state index is -0.825. The van der Waals surface area contributed by atoms with Crippen LogP contribution in [-0.4, -0.2) is 49.7 Å². The van der Waals surface area contributed by atoms with Crippen molar-refractivity contribution in [1.82, 2.24) is 5.32 Å². The fourth-order valence-corrected chi connectivity index (χ4v) is 2.45. The summed E-state index contributed by atoms with van der Waals surface area (Å²) in [7, 11) is 2.63. The van der Waals surface area contributed by atoms with Crippen LogP contribution in [0.5, 0.6) is 0 Å². The second kappa shape index (κ2) is 12.2. The Balaban J connectivity index is 0.00000484. The highest BCUT2D eigenvalue weighted by Crippen LogP contribution is 2.30. The SMILES string of the molecule is Br.CC(C)OC(=O)CCC1(CCC(=O)NCCCP)OCCO1. The summed E-state index contributed by atoms with van der Waals surface area (Å²) in [5.41, 5.74) is 0. The molecule has 1 aliphatic rings. The van der Waals surface area contributed by atoms with Gasteiger partial charge in [0.1, 0.15) is 0 Å². The standard InChI is InChI=1S/C15H28NO5P.BrH/c1-12(2)21-14(18)5-7-15(19-9-10-20-15)6-4-13(17)16-8-3-11-22;/h12H,3-11,22H2,1-2H3,(H,16,17);1H. The molecule has 0 spiro atoms. The number of rotatable bonds is 10. The van der Waals surface area contributed by atoms with Gasteiger partial charge in [-0.3, -0.25) is 9.59 Å². The first-order chi connectivity index (χ1) is 10.5. The van der Waals surface area contributed by atoms with Crippen molar-refractivity contribution in [3.63, 3.8) is 0 Å². The van der Waals surface area contributed by atoms with Gasteiger partial charge in [-0.25, -0.2) is 0 Å². The lowest BCUT2D eigenvalue weighted by Gasteiger charge is -2.27.